The van der Waals surface area contributed by atoms with Gasteiger partial charge in [-0.3, -0.25) is 4.79 Å². The Morgan fingerprint density at radius 3 is 1.59 bits per heavy atom. The van der Waals surface area contributed by atoms with Gasteiger partial charge >= 0.3 is 53.4 Å². The number of carboxylic acids is 4. The molecule has 0 aliphatic carbocycles. The van der Waals surface area contributed by atoms with Crippen molar-refractivity contribution in [3.8, 4) is 0 Å². The molecular weight excluding hydrogens is 251 g/mol. The summed E-state index contributed by atoms with van der Waals surface area (Å²) in [7, 11) is 0. The molecule has 0 amide bonds. The van der Waals surface area contributed by atoms with Crippen molar-refractivity contribution in [1.29, 1.82) is 0 Å². The summed E-state index contributed by atoms with van der Waals surface area (Å²) in [4.78, 5) is 41.7. The smallest absolute Gasteiger partial charge is 1.00 e. The molecule has 0 fully saturated rings. The second-order valence-corrected chi connectivity index (χ2v) is 2.69. The summed E-state index contributed by atoms with van der Waals surface area (Å²) in [5.41, 5.74) is -3.09. The summed E-state index contributed by atoms with van der Waals surface area (Å²) in [6.07, 6.45) is -1.38. The molecule has 0 saturated heterocycles. The summed E-state index contributed by atoms with van der Waals surface area (Å²) < 4.78 is 4.15. The van der Waals surface area contributed by atoms with Crippen molar-refractivity contribution in [1.82, 2.24) is 0 Å². The van der Waals surface area contributed by atoms with Crippen molar-refractivity contribution >= 4 is 23.9 Å². The van der Waals surface area contributed by atoms with Gasteiger partial charge in [0.05, 0.1) is 6.42 Å². The van der Waals surface area contributed by atoms with Crippen molar-refractivity contribution in [2.75, 3.05) is 6.61 Å². The third-order valence-electron chi connectivity index (χ3n) is 1.53. The minimum absolute atomic E-state index is 0. The predicted octanol–water partition coefficient (Wildman–Crippen LogP) is -4.41. The van der Waals surface area contributed by atoms with E-state index in [9.17, 15) is 19.2 Å². The number of ether oxygens (including phenoxy) is 1. The largest absolute Gasteiger partial charge is 1.00 e. The molecule has 0 bridgehead atoms. The van der Waals surface area contributed by atoms with Gasteiger partial charge in [0.15, 0.2) is 0 Å². The molecule has 0 radical (unpaired) electrons. The van der Waals surface area contributed by atoms with Crippen LogP contribution < -0.4 is 29.6 Å². The fraction of sp³-hybridized carbons (Fsp3) is 0.429. The molecule has 0 atom stereocenters. The van der Waals surface area contributed by atoms with Gasteiger partial charge in [0, 0.05) is 0 Å². The van der Waals surface area contributed by atoms with Crippen molar-refractivity contribution < 1.29 is 75.3 Å². The summed E-state index contributed by atoms with van der Waals surface area (Å²) in [5.74, 6) is -7.51. The van der Waals surface area contributed by atoms with Gasteiger partial charge in [-0.2, -0.15) is 0 Å². The van der Waals surface area contributed by atoms with E-state index in [2.05, 4.69) is 4.74 Å². The fourth-order valence-corrected chi connectivity index (χ4v) is 0.815. The number of aliphatic carboxylic acids is 4. The first-order valence-corrected chi connectivity index (χ1v) is 3.76. The molecule has 0 unspecified atom stereocenters. The van der Waals surface area contributed by atoms with Crippen LogP contribution in [0.5, 0.6) is 0 Å². The van der Waals surface area contributed by atoms with E-state index in [0.29, 0.717) is 0 Å². The van der Waals surface area contributed by atoms with Gasteiger partial charge in [0.1, 0.15) is 6.61 Å². The van der Waals surface area contributed by atoms with Crippen LogP contribution in [0.25, 0.3) is 0 Å². The molecule has 0 heterocycles. The Bertz CT molecular complexity index is 328. The first-order valence-electron chi connectivity index (χ1n) is 3.76. The summed E-state index contributed by atoms with van der Waals surface area (Å²) >= 11 is 0. The molecule has 0 aliphatic rings. The number of carbonyl (C=O) groups is 4. The van der Waals surface area contributed by atoms with Gasteiger partial charge in [-0.1, -0.05) is 0 Å². The first-order chi connectivity index (χ1) is 7.22. The van der Waals surface area contributed by atoms with E-state index in [-0.39, 0.29) is 31.0 Å². The Kier molecular flexibility index (Phi) is 7.74. The van der Waals surface area contributed by atoms with E-state index in [1.54, 1.807) is 0 Å². The van der Waals surface area contributed by atoms with Crippen LogP contribution in [0.1, 0.15) is 7.85 Å². The standard InChI is InChI=1S/C7H8O9.Na.H/c8-3(9)1-7(5(12)13,6(14)15)16-2-4(10)11;;/h1-2H2,(H,8,9)(H,10,11)(H,12,13)(H,14,15);;/q;+1;-1. The molecule has 92 valence electrons. The maximum absolute atomic E-state index is 10.6. The van der Waals surface area contributed by atoms with Crippen LogP contribution in [0.15, 0.2) is 0 Å². The van der Waals surface area contributed by atoms with Crippen LogP contribution in [0.2, 0.25) is 0 Å². The number of hydrogen-bond donors (Lipinski definition) is 4. The molecular formula is C7H9NaO9. The van der Waals surface area contributed by atoms with Gasteiger partial charge in [-0.25, -0.2) is 14.4 Å². The first kappa shape index (κ1) is 18.2. The second-order valence-electron chi connectivity index (χ2n) is 2.69. The Morgan fingerprint density at radius 2 is 1.35 bits per heavy atom. The Labute approximate surface area is 118 Å². The molecule has 0 aromatic carbocycles. The zero-order valence-corrected chi connectivity index (χ0v) is 10.7. The van der Waals surface area contributed by atoms with E-state index in [4.69, 9.17) is 20.4 Å². The van der Waals surface area contributed by atoms with Gasteiger partial charge in [0.2, 0.25) is 0 Å². The summed E-state index contributed by atoms with van der Waals surface area (Å²) in [6, 6.07) is 0. The monoisotopic (exact) mass is 260 g/mol. The van der Waals surface area contributed by atoms with Crippen molar-refractivity contribution in [3.63, 3.8) is 0 Å². The quantitative estimate of drug-likeness (QED) is 0.262. The van der Waals surface area contributed by atoms with Crippen LogP contribution in [0.3, 0.4) is 0 Å². The predicted molar refractivity (Wildman–Crippen MR) is 45.0 cm³/mol. The summed E-state index contributed by atoms with van der Waals surface area (Å²) in [5, 5.41) is 33.8. The SMILES string of the molecule is O=C(O)COC(CC(=O)O)(C(=O)O)C(=O)O.[H-].[Na+]. The molecule has 0 saturated carbocycles. The minimum atomic E-state index is -3.09. The zero-order chi connectivity index (χ0) is 12.9. The average Bonchev–Trinajstić information content (AvgIpc) is 2.10. The molecule has 0 aromatic rings. The van der Waals surface area contributed by atoms with E-state index in [1.165, 1.54) is 0 Å². The molecule has 17 heavy (non-hydrogen) atoms. The van der Waals surface area contributed by atoms with Crippen molar-refractivity contribution in [3.05, 3.63) is 0 Å². The maximum Gasteiger partial charge on any atom is 1.00 e. The zero-order valence-electron chi connectivity index (χ0n) is 9.74. The van der Waals surface area contributed by atoms with Crippen LogP contribution in [-0.2, 0) is 23.9 Å². The van der Waals surface area contributed by atoms with Gasteiger partial charge in [-0.05, 0) is 0 Å². The van der Waals surface area contributed by atoms with Crippen LogP contribution in [0.4, 0.5) is 0 Å². The maximum atomic E-state index is 10.6. The molecule has 0 aromatic heterocycles. The van der Waals surface area contributed by atoms with Gasteiger partial charge < -0.3 is 26.6 Å². The van der Waals surface area contributed by atoms with Gasteiger partial charge in [0.25, 0.3) is 5.60 Å². The fourth-order valence-electron chi connectivity index (χ4n) is 0.815. The molecule has 4 N–H and O–H groups in total. The van der Waals surface area contributed by atoms with E-state index in [1.807, 2.05) is 0 Å². The van der Waals surface area contributed by atoms with Crippen molar-refractivity contribution in [2.45, 2.75) is 12.0 Å². The van der Waals surface area contributed by atoms with E-state index >= 15 is 0 Å². The third-order valence-corrected chi connectivity index (χ3v) is 1.53. The number of rotatable bonds is 7. The van der Waals surface area contributed by atoms with Gasteiger partial charge in [-0.15, -0.1) is 0 Å². The van der Waals surface area contributed by atoms with E-state index < -0.39 is 42.5 Å². The second kappa shape index (κ2) is 7.22. The molecule has 10 heteroatoms. The third kappa shape index (κ3) is 5.13. The Morgan fingerprint density at radius 1 is 0.941 bits per heavy atom. The molecule has 9 nitrogen and oxygen atoms in total. The summed E-state index contributed by atoms with van der Waals surface area (Å²) in [6.45, 7) is -1.23. The van der Waals surface area contributed by atoms with Crippen LogP contribution in [-0.4, -0.2) is 56.5 Å². The molecule has 0 spiro atoms. The normalized spacial score (nSPS) is 10.1. The topological polar surface area (TPSA) is 158 Å². The Balaban J connectivity index is -0.00000112. The number of hydrogen-bond acceptors (Lipinski definition) is 5. The Hall–Kier alpha value is -1.16. The van der Waals surface area contributed by atoms with Crippen LogP contribution >= 0.6 is 0 Å². The molecule has 0 aliphatic heterocycles. The average molecular weight is 260 g/mol. The van der Waals surface area contributed by atoms with Crippen LogP contribution in [0, 0.1) is 0 Å². The minimum Gasteiger partial charge on any atom is -1.00 e. The van der Waals surface area contributed by atoms with Crippen molar-refractivity contribution in [2.24, 2.45) is 0 Å². The van der Waals surface area contributed by atoms with E-state index in [0.717, 1.165) is 0 Å². The number of carboxylic acid groups (broad SMARTS) is 4. The molecule has 0 rings (SSSR count).